The fraction of sp³-hybridized carbons (Fsp3) is 0.438. The molecule has 1 saturated heterocycles. The van der Waals surface area contributed by atoms with Gasteiger partial charge in [0.15, 0.2) is 0 Å². The van der Waals surface area contributed by atoms with Crippen molar-refractivity contribution in [2.75, 3.05) is 13.1 Å². The predicted molar refractivity (Wildman–Crippen MR) is 94.1 cm³/mol. The number of hydrogen-bond acceptors (Lipinski definition) is 4. The van der Waals surface area contributed by atoms with Crippen LogP contribution >= 0.6 is 12.4 Å². The van der Waals surface area contributed by atoms with Crippen molar-refractivity contribution in [3.63, 3.8) is 0 Å². The SMILES string of the molecule is CC1CCN(S(=O)(=O)c2cccc3cnccc23)C(CN)C1.Cl. The third-order valence-corrected chi connectivity index (χ3v) is 6.43. The molecular formula is C16H22ClN3O2S. The zero-order valence-electron chi connectivity index (χ0n) is 13.1. The van der Waals surface area contributed by atoms with E-state index in [1.165, 1.54) is 0 Å². The highest BCUT2D eigenvalue weighted by Gasteiger charge is 2.35. The average Bonchev–Trinajstić information content (AvgIpc) is 2.53. The molecule has 0 amide bonds. The smallest absolute Gasteiger partial charge is 0.243 e. The normalized spacial score (nSPS) is 22.7. The van der Waals surface area contributed by atoms with Crippen LogP contribution in [0.5, 0.6) is 0 Å². The second-order valence-electron chi connectivity index (χ2n) is 5.99. The van der Waals surface area contributed by atoms with Crippen molar-refractivity contribution in [2.45, 2.75) is 30.7 Å². The second-order valence-corrected chi connectivity index (χ2v) is 7.85. The van der Waals surface area contributed by atoms with Gasteiger partial charge in [-0.25, -0.2) is 8.42 Å². The van der Waals surface area contributed by atoms with Crippen LogP contribution in [0.15, 0.2) is 41.6 Å². The first-order chi connectivity index (χ1) is 10.5. The molecule has 5 nitrogen and oxygen atoms in total. The number of nitrogens with two attached hydrogens (primary N) is 1. The number of halogens is 1. The monoisotopic (exact) mass is 355 g/mol. The molecule has 126 valence electrons. The summed E-state index contributed by atoms with van der Waals surface area (Å²) in [6.45, 7) is 3.04. The number of fused-ring (bicyclic) bond motifs is 1. The molecule has 1 aliphatic rings. The maximum Gasteiger partial charge on any atom is 0.243 e. The lowest BCUT2D eigenvalue weighted by Crippen LogP contribution is -2.49. The number of nitrogens with zero attached hydrogens (tertiary/aromatic N) is 2. The molecule has 2 unspecified atom stereocenters. The van der Waals surface area contributed by atoms with E-state index in [4.69, 9.17) is 5.73 Å². The van der Waals surface area contributed by atoms with Crippen molar-refractivity contribution in [1.82, 2.24) is 9.29 Å². The number of hydrogen-bond donors (Lipinski definition) is 1. The number of rotatable bonds is 3. The Morgan fingerprint density at radius 2 is 2.13 bits per heavy atom. The van der Waals surface area contributed by atoms with Crippen LogP contribution in [-0.4, -0.2) is 36.8 Å². The van der Waals surface area contributed by atoms with Gasteiger partial charge < -0.3 is 5.73 Å². The molecule has 2 aromatic rings. The summed E-state index contributed by atoms with van der Waals surface area (Å²) in [5.74, 6) is 0.511. The van der Waals surface area contributed by atoms with E-state index in [9.17, 15) is 8.42 Å². The van der Waals surface area contributed by atoms with E-state index in [0.717, 1.165) is 18.2 Å². The highest BCUT2D eigenvalue weighted by atomic mass is 35.5. The lowest BCUT2D eigenvalue weighted by atomic mass is 9.94. The number of sulfonamides is 1. The highest BCUT2D eigenvalue weighted by molar-refractivity contribution is 7.89. The zero-order chi connectivity index (χ0) is 15.7. The van der Waals surface area contributed by atoms with Crippen molar-refractivity contribution < 1.29 is 8.42 Å². The average molecular weight is 356 g/mol. The van der Waals surface area contributed by atoms with Gasteiger partial charge >= 0.3 is 0 Å². The Morgan fingerprint density at radius 3 is 2.87 bits per heavy atom. The van der Waals surface area contributed by atoms with Gasteiger partial charge in [0.1, 0.15) is 0 Å². The van der Waals surface area contributed by atoms with E-state index < -0.39 is 10.0 Å². The Kier molecular flexibility index (Phi) is 5.62. The minimum absolute atomic E-state index is 0. The van der Waals surface area contributed by atoms with Gasteiger partial charge in [0.25, 0.3) is 0 Å². The van der Waals surface area contributed by atoms with Crippen molar-refractivity contribution in [3.8, 4) is 0 Å². The lowest BCUT2D eigenvalue weighted by Gasteiger charge is -2.37. The van der Waals surface area contributed by atoms with E-state index in [1.807, 2.05) is 6.07 Å². The van der Waals surface area contributed by atoms with Crippen LogP contribution < -0.4 is 5.73 Å². The van der Waals surface area contributed by atoms with Crippen molar-refractivity contribution in [3.05, 3.63) is 36.7 Å². The van der Waals surface area contributed by atoms with Gasteiger partial charge in [0.2, 0.25) is 10.0 Å². The summed E-state index contributed by atoms with van der Waals surface area (Å²) in [7, 11) is -3.55. The summed E-state index contributed by atoms with van der Waals surface area (Å²) < 4.78 is 27.8. The topological polar surface area (TPSA) is 76.3 Å². The maximum atomic E-state index is 13.1. The van der Waals surface area contributed by atoms with Crippen LogP contribution in [0, 0.1) is 5.92 Å². The Balaban J connectivity index is 0.00000192. The Morgan fingerprint density at radius 1 is 1.35 bits per heavy atom. The van der Waals surface area contributed by atoms with Crippen molar-refractivity contribution >= 4 is 33.2 Å². The first-order valence-corrected chi connectivity index (χ1v) is 9.02. The molecule has 2 N–H and O–H groups in total. The summed E-state index contributed by atoms with van der Waals surface area (Å²) >= 11 is 0. The molecule has 0 aliphatic carbocycles. The minimum Gasteiger partial charge on any atom is -0.329 e. The van der Waals surface area contributed by atoms with E-state index >= 15 is 0 Å². The molecule has 1 fully saturated rings. The predicted octanol–water partition coefficient (Wildman–Crippen LogP) is 2.40. The molecule has 23 heavy (non-hydrogen) atoms. The fourth-order valence-electron chi connectivity index (χ4n) is 3.20. The van der Waals surface area contributed by atoms with Gasteiger partial charge in [0, 0.05) is 42.3 Å². The molecule has 1 aromatic heterocycles. The molecule has 2 heterocycles. The molecule has 2 atom stereocenters. The zero-order valence-corrected chi connectivity index (χ0v) is 14.7. The number of aromatic nitrogens is 1. The molecule has 3 rings (SSSR count). The van der Waals surface area contributed by atoms with Gasteiger partial charge in [-0.3, -0.25) is 4.98 Å². The molecule has 0 radical (unpaired) electrons. The van der Waals surface area contributed by atoms with Crippen LogP contribution in [0.1, 0.15) is 19.8 Å². The first kappa shape index (κ1) is 18.1. The summed E-state index contributed by atoms with van der Waals surface area (Å²) in [4.78, 5) is 4.41. The van der Waals surface area contributed by atoms with Gasteiger partial charge in [-0.1, -0.05) is 19.1 Å². The molecule has 1 aromatic carbocycles. The summed E-state index contributed by atoms with van der Waals surface area (Å²) in [5, 5.41) is 1.55. The van der Waals surface area contributed by atoms with E-state index in [1.54, 1.807) is 34.9 Å². The third kappa shape index (κ3) is 3.35. The second kappa shape index (κ2) is 7.13. The Bertz CT molecular complexity index is 776. The summed E-state index contributed by atoms with van der Waals surface area (Å²) in [5.41, 5.74) is 5.83. The number of pyridine rings is 1. The van der Waals surface area contributed by atoms with Crippen LogP contribution in [-0.2, 0) is 10.0 Å². The Hall–Kier alpha value is -1.21. The Labute approximate surface area is 143 Å². The van der Waals surface area contributed by atoms with Crippen LogP contribution in [0.4, 0.5) is 0 Å². The number of benzene rings is 1. The minimum atomic E-state index is -3.55. The van der Waals surface area contributed by atoms with Crippen molar-refractivity contribution in [2.24, 2.45) is 11.7 Å². The highest BCUT2D eigenvalue weighted by Crippen LogP contribution is 2.31. The van der Waals surface area contributed by atoms with Crippen LogP contribution in [0.25, 0.3) is 10.8 Å². The standard InChI is InChI=1S/C16H21N3O2S.ClH/c1-12-6-8-19(14(9-12)10-17)22(20,21)16-4-2-3-13-11-18-7-5-15(13)16;/h2-5,7,11-12,14H,6,8-10,17H2,1H3;1H. The largest absolute Gasteiger partial charge is 0.329 e. The number of piperidine rings is 1. The van der Waals surface area contributed by atoms with Crippen LogP contribution in [0.2, 0.25) is 0 Å². The molecule has 1 aliphatic heterocycles. The molecule has 0 saturated carbocycles. The van der Waals surface area contributed by atoms with E-state index in [2.05, 4.69) is 11.9 Å². The quantitative estimate of drug-likeness (QED) is 0.917. The van der Waals surface area contributed by atoms with Gasteiger partial charge in [-0.2, -0.15) is 4.31 Å². The van der Waals surface area contributed by atoms with E-state index in [0.29, 0.717) is 29.3 Å². The van der Waals surface area contributed by atoms with Crippen LogP contribution in [0.3, 0.4) is 0 Å². The van der Waals surface area contributed by atoms with Crippen molar-refractivity contribution in [1.29, 1.82) is 0 Å². The van der Waals surface area contributed by atoms with E-state index in [-0.39, 0.29) is 18.4 Å². The van der Waals surface area contributed by atoms with Gasteiger partial charge in [0.05, 0.1) is 4.90 Å². The maximum absolute atomic E-state index is 13.1. The molecule has 0 spiro atoms. The summed E-state index contributed by atoms with van der Waals surface area (Å²) in [6, 6.07) is 6.95. The van der Waals surface area contributed by atoms with Gasteiger partial charge in [-0.05, 0) is 30.9 Å². The molecule has 0 bridgehead atoms. The fourth-order valence-corrected chi connectivity index (χ4v) is 5.08. The van der Waals surface area contributed by atoms with Gasteiger partial charge in [-0.15, -0.1) is 12.4 Å². The third-order valence-electron chi connectivity index (χ3n) is 4.42. The molecule has 7 heteroatoms. The molecular weight excluding hydrogens is 334 g/mol. The lowest BCUT2D eigenvalue weighted by molar-refractivity contribution is 0.211. The summed E-state index contributed by atoms with van der Waals surface area (Å²) in [6.07, 6.45) is 5.01. The first-order valence-electron chi connectivity index (χ1n) is 7.58.